The van der Waals surface area contributed by atoms with Crippen LogP contribution in [-0.4, -0.2) is 35.6 Å². The highest BCUT2D eigenvalue weighted by atomic mass is 19.1. The fourth-order valence-electron chi connectivity index (χ4n) is 3.31. The van der Waals surface area contributed by atoms with Gasteiger partial charge in [0.15, 0.2) is 0 Å². The zero-order valence-electron chi connectivity index (χ0n) is 18.2. The molecule has 0 unspecified atom stereocenters. The normalized spacial score (nSPS) is 14.8. The molecule has 1 aliphatic heterocycles. The molecule has 1 heterocycles. The zero-order chi connectivity index (χ0) is 22.4. The van der Waals surface area contributed by atoms with E-state index in [4.69, 9.17) is 9.47 Å². The van der Waals surface area contributed by atoms with Gasteiger partial charge in [-0.3, -0.25) is 4.79 Å². The number of halogens is 1. The van der Waals surface area contributed by atoms with E-state index in [-0.39, 0.29) is 23.7 Å². The summed E-state index contributed by atoms with van der Waals surface area (Å²) >= 11 is 0. The van der Waals surface area contributed by atoms with E-state index in [0.717, 1.165) is 5.56 Å². The SMILES string of the molecule is CC(C)(C)OC(=O)N1CCC(C(=O)Nc2cccc(OCc3ccc(F)cc3)c2)CC1. The Kier molecular flexibility index (Phi) is 7.15. The minimum absolute atomic E-state index is 0.0699. The van der Waals surface area contributed by atoms with E-state index < -0.39 is 5.60 Å². The number of nitrogens with one attached hydrogen (secondary N) is 1. The van der Waals surface area contributed by atoms with E-state index >= 15 is 0 Å². The van der Waals surface area contributed by atoms with E-state index in [0.29, 0.717) is 44.0 Å². The highest BCUT2D eigenvalue weighted by molar-refractivity contribution is 5.92. The van der Waals surface area contributed by atoms with Crippen LogP contribution in [0.25, 0.3) is 0 Å². The maximum absolute atomic E-state index is 13.0. The van der Waals surface area contributed by atoms with E-state index in [2.05, 4.69) is 5.32 Å². The van der Waals surface area contributed by atoms with Crippen molar-refractivity contribution < 1.29 is 23.5 Å². The number of ether oxygens (including phenoxy) is 2. The fourth-order valence-corrected chi connectivity index (χ4v) is 3.31. The second-order valence-corrected chi connectivity index (χ2v) is 8.67. The maximum Gasteiger partial charge on any atom is 0.410 e. The van der Waals surface area contributed by atoms with Gasteiger partial charge in [0.2, 0.25) is 5.91 Å². The third kappa shape index (κ3) is 6.98. The van der Waals surface area contributed by atoms with Gasteiger partial charge in [-0.05, 0) is 63.4 Å². The number of piperidine rings is 1. The van der Waals surface area contributed by atoms with Gasteiger partial charge in [0.05, 0.1) is 0 Å². The Morgan fingerprint density at radius 1 is 1.10 bits per heavy atom. The Hall–Kier alpha value is -3.09. The molecule has 166 valence electrons. The Bertz CT molecular complexity index is 901. The van der Waals surface area contributed by atoms with Crippen LogP contribution in [0.5, 0.6) is 5.75 Å². The fraction of sp³-hybridized carbons (Fsp3) is 0.417. The average Bonchev–Trinajstić information content (AvgIpc) is 2.72. The molecule has 6 nitrogen and oxygen atoms in total. The molecule has 3 rings (SSSR count). The van der Waals surface area contributed by atoms with E-state index in [9.17, 15) is 14.0 Å². The standard InChI is InChI=1S/C24H29FN2O4/c1-24(2,3)31-23(29)27-13-11-18(12-14-27)22(28)26-20-5-4-6-21(15-20)30-16-17-7-9-19(25)10-8-17/h4-10,15,18H,11-14,16H2,1-3H3,(H,26,28). The molecule has 1 aliphatic rings. The molecule has 0 saturated carbocycles. The summed E-state index contributed by atoms with van der Waals surface area (Å²) < 4.78 is 24.1. The van der Waals surface area contributed by atoms with Crippen molar-refractivity contribution >= 4 is 17.7 Å². The third-order valence-corrected chi connectivity index (χ3v) is 4.94. The average molecular weight is 429 g/mol. The maximum atomic E-state index is 13.0. The summed E-state index contributed by atoms with van der Waals surface area (Å²) in [5.41, 5.74) is 0.971. The van der Waals surface area contributed by atoms with Crippen molar-refractivity contribution in [3.05, 3.63) is 59.9 Å². The van der Waals surface area contributed by atoms with Gasteiger partial charge >= 0.3 is 6.09 Å². The highest BCUT2D eigenvalue weighted by Crippen LogP contribution is 2.23. The third-order valence-electron chi connectivity index (χ3n) is 4.94. The Morgan fingerprint density at radius 3 is 2.42 bits per heavy atom. The second-order valence-electron chi connectivity index (χ2n) is 8.67. The highest BCUT2D eigenvalue weighted by Gasteiger charge is 2.29. The van der Waals surface area contributed by atoms with Crippen molar-refractivity contribution in [1.82, 2.24) is 4.90 Å². The van der Waals surface area contributed by atoms with E-state index in [1.807, 2.05) is 20.8 Å². The summed E-state index contributed by atoms with van der Waals surface area (Å²) in [5.74, 6) is 0.0919. The number of nitrogens with zero attached hydrogens (tertiary/aromatic N) is 1. The number of carbonyl (C=O) groups excluding carboxylic acids is 2. The lowest BCUT2D eigenvalue weighted by Gasteiger charge is -2.32. The molecule has 0 atom stereocenters. The lowest BCUT2D eigenvalue weighted by Crippen LogP contribution is -2.43. The summed E-state index contributed by atoms with van der Waals surface area (Å²) in [6, 6.07) is 13.3. The monoisotopic (exact) mass is 428 g/mol. The first kappa shape index (κ1) is 22.6. The molecule has 0 aromatic heterocycles. The molecule has 0 aliphatic carbocycles. The van der Waals surface area contributed by atoms with Crippen LogP contribution in [0.4, 0.5) is 14.9 Å². The van der Waals surface area contributed by atoms with Gasteiger partial charge in [-0.15, -0.1) is 0 Å². The molecule has 7 heteroatoms. The van der Waals surface area contributed by atoms with Gasteiger partial charge in [0.1, 0.15) is 23.8 Å². The van der Waals surface area contributed by atoms with Crippen LogP contribution in [-0.2, 0) is 16.1 Å². The Morgan fingerprint density at radius 2 is 1.77 bits per heavy atom. The summed E-state index contributed by atoms with van der Waals surface area (Å²) in [4.78, 5) is 26.5. The Balaban J connectivity index is 1.49. The van der Waals surface area contributed by atoms with Crippen molar-refractivity contribution in [2.75, 3.05) is 18.4 Å². The van der Waals surface area contributed by atoms with Crippen LogP contribution in [0.3, 0.4) is 0 Å². The molecule has 2 aromatic carbocycles. The summed E-state index contributed by atoms with van der Waals surface area (Å²) in [5, 5.41) is 2.94. The zero-order valence-corrected chi connectivity index (χ0v) is 18.2. The van der Waals surface area contributed by atoms with Crippen molar-refractivity contribution in [2.24, 2.45) is 5.92 Å². The first-order valence-corrected chi connectivity index (χ1v) is 10.5. The Labute approximate surface area is 182 Å². The summed E-state index contributed by atoms with van der Waals surface area (Å²) in [6.07, 6.45) is 0.842. The van der Waals surface area contributed by atoms with E-state index in [1.54, 1.807) is 41.3 Å². The number of rotatable bonds is 5. The van der Waals surface area contributed by atoms with Gasteiger partial charge in [0, 0.05) is 30.8 Å². The first-order valence-electron chi connectivity index (χ1n) is 10.5. The minimum Gasteiger partial charge on any atom is -0.489 e. The molecule has 0 spiro atoms. The van der Waals surface area contributed by atoms with Crippen molar-refractivity contribution in [3.8, 4) is 5.75 Å². The molecule has 2 aromatic rings. The van der Waals surface area contributed by atoms with Crippen LogP contribution < -0.4 is 10.1 Å². The number of hydrogen-bond donors (Lipinski definition) is 1. The largest absolute Gasteiger partial charge is 0.489 e. The minimum atomic E-state index is -0.533. The summed E-state index contributed by atoms with van der Waals surface area (Å²) in [7, 11) is 0. The van der Waals surface area contributed by atoms with Crippen LogP contribution in [0.1, 0.15) is 39.2 Å². The summed E-state index contributed by atoms with van der Waals surface area (Å²) in [6.45, 7) is 6.80. The van der Waals surface area contributed by atoms with Gasteiger partial charge in [0.25, 0.3) is 0 Å². The molecular formula is C24H29FN2O4. The van der Waals surface area contributed by atoms with Crippen LogP contribution in [0, 0.1) is 11.7 Å². The van der Waals surface area contributed by atoms with Crippen LogP contribution >= 0.6 is 0 Å². The number of amides is 2. The molecule has 2 amide bonds. The number of likely N-dealkylation sites (tertiary alicyclic amines) is 1. The van der Waals surface area contributed by atoms with Crippen molar-refractivity contribution in [2.45, 2.75) is 45.8 Å². The number of hydrogen-bond acceptors (Lipinski definition) is 4. The number of benzene rings is 2. The van der Waals surface area contributed by atoms with Crippen LogP contribution in [0.2, 0.25) is 0 Å². The van der Waals surface area contributed by atoms with Gasteiger partial charge in [-0.25, -0.2) is 9.18 Å². The smallest absolute Gasteiger partial charge is 0.410 e. The predicted octanol–water partition coefficient (Wildman–Crippen LogP) is 4.99. The molecule has 1 saturated heterocycles. The molecule has 31 heavy (non-hydrogen) atoms. The van der Waals surface area contributed by atoms with Crippen molar-refractivity contribution in [1.29, 1.82) is 0 Å². The number of anilines is 1. The van der Waals surface area contributed by atoms with Gasteiger partial charge in [-0.2, -0.15) is 0 Å². The van der Waals surface area contributed by atoms with E-state index in [1.165, 1.54) is 12.1 Å². The lowest BCUT2D eigenvalue weighted by molar-refractivity contribution is -0.121. The van der Waals surface area contributed by atoms with Gasteiger partial charge < -0.3 is 19.7 Å². The molecule has 0 bridgehead atoms. The number of carbonyl (C=O) groups is 2. The first-order chi connectivity index (χ1) is 14.7. The molecular weight excluding hydrogens is 399 g/mol. The van der Waals surface area contributed by atoms with Crippen molar-refractivity contribution in [3.63, 3.8) is 0 Å². The molecule has 1 N–H and O–H groups in total. The predicted molar refractivity (Wildman–Crippen MR) is 116 cm³/mol. The van der Waals surface area contributed by atoms with Crippen LogP contribution in [0.15, 0.2) is 48.5 Å². The molecule has 0 radical (unpaired) electrons. The topological polar surface area (TPSA) is 67.9 Å². The lowest BCUT2D eigenvalue weighted by atomic mass is 9.96. The molecule has 1 fully saturated rings. The van der Waals surface area contributed by atoms with Gasteiger partial charge in [-0.1, -0.05) is 18.2 Å². The quantitative estimate of drug-likeness (QED) is 0.729. The second kappa shape index (κ2) is 9.81.